The Hall–Kier alpha value is -3.66. The minimum absolute atomic E-state index is 0.280. The van der Waals surface area contributed by atoms with Crippen molar-refractivity contribution in [1.82, 2.24) is 0 Å². The molecule has 9 heteroatoms. The molecule has 0 aliphatic carbocycles. The van der Waals surface area contributed by atoms with Gasteiger partial charge in [0, 0.05) is 33.4 Å². The van der Waals surface area contributed by atoms with Crippen LogP contribution in [-0.2, 0) is 10.1 Å². The quantitative estimate of drug-likeness (QED) is 0.211. The Bertz CT molecular complexity index is 1510. The summed E-state index contributed by atoms with van der Waals surface area (Å²) in [4.78, 5) is 6.47. The van der Waals surface area contributed by atoms with Crippen molar-refractivity contribution in [1.29, 1.82) is 0 Å². The zero-order valence-corrected chi connectivity index (χ0v) is 23.6. The van der Waals surface area contributed by atoms with E-state index in [9.17, 15) is 13.0 Å². The first kappa shape index (κ1) is 26.9. The Balaban J connectivity index is 1.60. The van der Waals surface area contributed by atoms with E-state index in [1.165, 1.54) is 6.92 Å². The van der Waals surface area contributed by atoms with E-state index in [4.69, 9.17) is 9.47 Å². The molecule has 0 radical (unpaired) electrons. The molecule has 202 valence electrons. The number of methoxy groups -OCH3 is 2. The normalized spacial score (nSPS) is 13.3. The third-order valence-corrected chi connectivity index (χ3v) is 9.18. The van der Waals surface area contributed by atoms with Crippen LogP contribution in [0.15, 0.2) is 101 Å². The number of hydrogen-bond acceptors (Lipinski definition) is 7. The van der Waals surface area contributed by atoms with Crippen LogP contribution in [0.4, 0.5) is 28.4 Å². The maximum Gasteiger partial charge on any atom is 0.267 e. The molecule has 0 bridgehead atoms. The molecule has 1 aliphatic heterocycles. The zero-order valence-electron chi connectivity index (χ0n) is 21.9. The Labute approximate surface area is 233 Å². The van der Waals surface area contributed by atoms with Crippen LogP contribution in [0, 0.1) is 0 Å². The van der Waals surface area contributed by atoms with Crippen molar-refractivity contribution < 1.29 is 22.4 Å². The fraction of sp³-hybridized carbons (Fsp3) is 0.200. The van der Waals surface area contributed by atoms with Crippen LogP contribution >= 0.6 is 11.8 Å². The first-order valence-corrected chi connectivity index (χ1v) is 14.8. The molecule has 4 aromatic carbocycles. The summed E-state index contributed by atoms with van der Waals surface area (Å²) in [5.41, 5.74) is 4.84. The highest BCUT2D eigenvalue weighted by molar-refractivity contribution is 7.99. The first-order valence-electron chi connectivity index (χ1n) is 12.5. The molecule has 0 saturated carbocycles. The van der Waals surface area contributed by atoms with Crippen LogP contribution in [0.3, 0.4) is 0 Å². The average Bonchev–Trinajstić information content (AvgIpc) is 2.95. The molecule has 0 fully saturated rings. The number of rotatable bonds is 9. The summed E-state index contributed by atoms with van der Waals surface area (Å²) in [7, 11) is -0.833. The van der Waals surface area contributed by atoms with E-state index in [-0.39, 0.29) is 6.42 Å². The van der Waals surface area contributed by atoms with Crippen molar-refractivity contribution in [2.24, 2.45) is 0 Å². The largest absolute Gasteiger partial charge is 0.497 e. The van der Waals surface area contributed by atoms with Crippen molar-refractivity contribution in [2.45, 2.75) is 28.4 Å². The van der Waals surface area contributed by atoms with Gasteiger partial charge in [0.2, 0.25) is 0 Å². The minimum Gasteiger partial charge on any atom is -0.497 e. The SMILES string of the molecule is COc1ccc(N(c2ccc(OC)cc2)c2ccc3c(c2)N(CCC(C)S(=O)(=O)O)c2ccccc2S3)cc1. The molecule has 0 amide bonds. The highest BCUT2D eigenvalue weighted by Crippen LogP contribution is 2.50. The van der Waals surface area contributed by atoms with Crippen LogP contribution in [-0.4, -0.2) is 39.0 Å². The van der Waals surface area contributed by atoms with Gasteiger partial charge >= 0.3 is 0 Å². The summed E-state index contributed by atoms with van der Waals surface area (Å²) in [6.07, 6.45) is 0.280. The van der Waals surface area contributed by atoms with Crippen LogP contribution in [0.2, 0.25) is 0 Å². The van der Waals surface area contributed by atoms with Crippen molar-refractivity contribution in [3.8, 4) is 11.5 Å². The molecule has 1 atom stereocenters. The lowest BCUT2D eigenvalue weighted by atomic mass is 10.1. The standard InChI is InChI=1S/C30H30N2O5S2/c1-21(39(33,34)35)18-19-31-27-6-4-5-7-29(27)38-30-17-12-24(20-28(30)31)32(22-8-13-25(36-2)14-9-22)23-10-15-26(37-3)16-11-23/h4-17,20-21H,18-19H2,1-3H3,(H,33,34,35). The van der Waals surface area contributed by atoms with Crippen LogP contribution in [0.5, 0.6) is 11.5 Å². The van der Waals surface area contributed by atoms with Gasteiger partial charge in [-0.3, -0.25) is 4.55 Å². The predicted molar refractivity (Wildman–Crippen MR) is 157 cm³/mol. The van der Waals surface area contributed by atoms with Crippen molar-refractivity contribution in [3.63, 3.8) is 0 Å². The fourth-order valence-corrected chi connectivity index (χ4v) is 6.05. The zero-order chi connectivity index (χ0) is 27.6. The van der Waals surface area contributed by atoms with Gasteiger partial charge in [-0.1, -0.05) is 23.9 Å². The van der Waals surface area contributed by atoms with Gasteiger partial charge in [-0.15, -0.1) is 0 Å². The van der Waals surface area contributed by atoms with E-state index in [1.54, 1.807) is 26.0 Å². The molecular formula is C30H30N2O5S2. The van der Waals surface area contributed by atoms with E-state index in [0.717, 1.165) is 49.7 Å². The van der Waals surface area contributed by atoms with Crippen LogP contribution in [0.1, 0.15) is 13.3 Å². The third-order valence-electron chi connectivity index (χ3n) is 6.80. The van der Waals surface area contributed by atoms with Gasteiger partial charge in [0.25, 0.3) is 10.1 Å². The Kier molecular flexibility index (Phi) is 7.74. The smallest absolute Gasteiger partial charge is 0.267 e. The molecule has 0 saturated heterocycles. The van der Waals surface area contributed by atoms with Crippen LogP contribution in [0.25, 0.3) is 0 Å². The molecule has 0 spiro atoms. The van der Waals surface area contributed by atoms with Crippen molar-refractivity contribution in [3.05, 3.63) is 91.0 Å². The lowest BCUT2D eigenvalue weighted by Gasteiger charge is -2.35. The van der Waals surface area contributed by atoms with Gasteiger partial charge in [0.1, 0.15) is 11.5 Å². The van der Waals surface area contributed by atoms with Gasteiger partial charge in [0.15, 0.2) is 0 Å². The number of nitrogens with zero attached hydrogens (tertiary/aromatic N) is 2. The molecule has 1 unspecified atom stereocenters. The molecule has 1 heterocycles. The van der Waals surface area contributed by atoms with Gasteiger partial charge < -0.3 is 19.3 Å². The summed E-state index contributed by atoms with van der Waals surface area (Å²) in [6, 6.07) is 30.2. The van der Waals surface area contributed by atoms with Crippen LogP contribution < -0.4 is 19.3 Å². The molecule has 5 rings (SSSR count). The molecule has 4 aromatic rings. The lowest BCUT2D eigenvalue weighted by molar-refractivity contribution is 0.415. The maximum atomic E-state index is 11.8. The second kappa shape index (κ2) is 11.2. The van der Waals surface area contributed by atoms with E-state index >= 15 is 0 Å². The highest BCUT2D eigenvalue weighted by atomic mass is 32.2. The molecule has 39 heavy (non-hydrogen) atoms. The van der Waals surface area contributed by atoms with E-state index in [0.29, 0.717) is 6.54 Å². The number of anilines is 5. The lowest BCUT2D eigenvalue weighted by Crippen LogP contribution is -2.27. The highest BCUT2D eigenvalue weighted by Gasteiger charge is 2.27. The number of benzene rings is 4. The maximum absolute atomic E-state index is 11.8. The molecular weight excluding hydrogens is 532 g/mol. The monoisotopic (exact) mass is 562 g/mol. The Morgan fingerprint density at radius 1 is 0.795 bits per heavy atom. The average molecular weight is 563 g/mol. The number of hydrogen-bond donors (Lipinski definition) is 1. The summed E-state index contributed by atoms with van der Waals surface area (Å²) >= 11 is 1.69. The second-order valence-electron chi connectivity index (χ2n) is 9.22. The molecule has 1 N–H and O–H groups in total. The fourth-order valence-electron chi connectivity index (χ4n) is 4.57. The molecule has 7 nitrogen and oxygen atoms in total. The summed E-state index contributed by atoms with van der Waals surface area (Å²) in [5, 5.41) is -0.874. The Morgan fingerprint density at radius 2 is 1.33 bits per heavy atom. The molecule has 1 aliphatic rings. The third kappa shape index (κ3) is 5.71. The minimum atomic E-state index is -4.12. The number of ether oxygens (including phenoxy) is 2. The molecule has 0 aromatic heterocycles. The van der Waals surface area contributed by atoms with Gasteiger partial charge in [-0.05, 0) is 92.2 Å². The van der Waals surface area contributed by atoms with Crippen molar-refractivity contribution in [2.75, 3.05) is 30.6 Å². The summed E-state index contributed by atoms with van der Waals surface area (Å²) < 4.78 is 43.8. The van der Waals surface area contributed by atoms with Gasteiger partial charge in [-0.2, -0.15) is 8.42 Å². The number of para-hydroxylation sites is 1. The van der Waals surface area contributed by atoms with Crippen molar-refractivity contribution >= 4 is 50.3 Å². The topological polar surface area (TPSA) is 79.3 Å². The Morgan fingerprint density at radius 3 is 1.90 bits per heavy atom. The van der Waals surface area contributed by atoms with Gasteiger partial charge in [0.05, 0.1) is 30.8 Å². The first-order chi connectivity index (χ1) is 18.8. The summed E-state index contributed by atoms with van der Waals surface area (Å²) in [6.45, 7) is 1.96. The van der Waals surface area contributed by atoms with E-state index in [1.807, 2.05) is 66.7 Å². The summed E-state index contributed by atoms with van der Waals surface area (Å²) in [5.74, 6) is 1.54. The predicted octanol–water partition coefficient (Wildman–Crippen LogP) is 7.44. The van der Waals surface area contributed by atoms with E-state index < -0.39 is 15.4 Å². The number of fused-ring (bicyclic) bond motifs is 2. The van der Waals surface area contributed by atoms with Gasteiger partial charge in [-0.25, -0.2) is 0 Å². The second-order valence-corrected chi connectivity index (χ2v) is 12.1. The van der Waals surface area contributed by atoms with E-state index in [2.05, 4.69) is 34.1 Å².